The predicted octanol–water partition coefficient (Wildman–Crippen LogP) is 6.54. The number of hydrogen-bond donors (Lipinski definition) is 1. The molecule has 6 heteroatoms. The molecule has 3 aromatic carbocycles. The number of fused-ring (bicyclic) bond motifs is 1. The monoisotopic (exact) mass is 486 g/mol. The minimum absolute atomic E-state index is 0.376. The van der Waals surface area contributed by atoms with Crippen LogP contribution in [0.15, 0.2) is 61.1 Å². The van der Waals surface area contributed by atoms with Crippen LogP contribution >= 0.6 is 11.6 Å². The number of aryl methyl sites for hydroxylation is 2. The quantitative estimate of drug-likeness (QED) is 0.238. The first kappa shape index (κ1) is 24.5. The van der Waals surface area contributed by atoms with E-state index in [-0.39, 0.29) is 0 Å². The predicted molar refractivity (Wildman–Crippen MR) is 140 cm³/mol. The lowest BCUT2D eigenvalue weighted by atomic mass is 9.87. The van der Waals surface area contributed by atoms with E-state index < -0.39 is 12.1 Å². The average Bonchev–Trinajstić information content (AvgIpc) is 3.25. The second-order valence-electron chi connectivity index (χ2n) is 8.51. The molecule has 178 valence electrons. The average molecular weight is 487 g/mol. The standard InChI is InChI=1S/C29H27ClN2O3/c1-4-5-14-35-28(29(33)34)26-19(2)15-22-8-6-20(7-13-24-17-31-18-32(24)3)16-25(22)27(26)21-9-11-23(30)12-10-21/h6,8-12,15-18,28H,4-5,14H2,1-3H3,(H,33,34). The van der Waals surface area contributed by atoms with Crippen LogP contribution in [0.3, 0.4) is 0 Å². The number of aromatic nitrogens is 2. The van der Waals surface area contributed by atoms with Crippen molar-refractivity contribution in [2.75, 3.05) is 6.61 Å². The second kappa shape index (κ2) is 10.8. The lowest BCUT2D eigenvalue weighted by Crippen LogP contribution is -2.18. The summed E-state index contributed by atoms with van der Waals surface area (Å²) < 4.78 is 7.78. The minimum atomic E-state index is -1.08. The third-order valence-electron chi connectivity index (χ3n) is 5.94. The van der Waals surface area contributed by atoms with Gasteiger partial charge in [-0.2, -0.15) is 0 Å². The summed E-state index contributed by atoms with van der Waals surface area (Å²) in [5.41, 5.74) is 4.84. The number of carbonyl (C=O) groups is 1. The third-order valence-corrected chi connectivity index (χ3v) is 6.19. The molecule has 0 aliphatic heterocycles. The number of unbranched alkanes of at least 4 members (excludes halogenated alkanes) is 1. The van der Waals surface area contributed by atoms with Gasteiger partial charge in [-0.25, -0.2) is 9.78 Å². The fraction of sp³-hybridized carbons (Fsp3) is 0.241. The van der Waals surface area contributed by atoms with Crippen LogP contribution in [0.25, 0.3) is 21.9 Å². The second-order valence-corrected chi connectivity index (χ2v) is 8.94. The van der Waals surface area contributed by atoms with Gasteiger partial charge in [0.1, 0.15) is 5.69 Å². The van der Waals surface area contributed by atoms with Gasteiger partial charge in [-0.1, -0.05) is 55.1 Å². The van der Waals surface area contributed by atoms with Gasteiger partial charge in [0.15, 0.2) is 6.10 Å². The molecule has 1 unspecified atom stereocenters. The van der Waals surface area contributed by atoms with Gasteiger partial charge in [-0.15, -0.1) is 0 Å². The molecular weight excluding hydrogens is 460 g/mol. The van der Waals surface area contributed by atoms with E-state index in [0.29, 0.717) is 17.2 Å². The van der Waals surface area contributed by atoms with E-state index in [0.717, 1.165) is 51.6 Å². The zero-order valence-corrected chi connectivity index (χ0v) is 20.8. The van der Waals surface area contributed by atoms with Crippen molar-refractivity contribution in [3.63, 3.8) is 0 Å². The maximum absolute atomic E-state index is 12.4. The van der Waals surface area contributed by atoms with Gasteiger partial charge in [0.25, 0.3) is 0 Å². The first-order chi connectivity index (χ1) is 16.9. The van der Waals surface area contributed by atoms with Crippen molar-refractivity contribution in [3.8, 4) is 23.0 Å². The van der Waals surface area contributed by atoms with Gasteiger partial charge in [0, 0.05) is 29.8 Å². The van der Waals surface area contributed by atoms with Crippen molar-refractivity contribution in [2.24, 2.45) is 7.05 Å². The summed E-state index contributed by atoms with van der Waals surface area (Å²) in [7, 11) is 1.90. The topological polar surface area (TPSA) is 64.3 Å². The van der Waals surface area contributed by atoms with Crippen LogP contribution in [0.4, 0.5) is 0 Å². The Hall–Kier alpha value is -3.59. The highest BCUT2D eigenvalue weighted by Gasteiger charge is 2.27. The summed E-state index contributed by atoms with van der Waals surface area (Å²) in [6.45, 7) is 4.36. The van der Waals surface area contributed by atoms with Crippen LogP contribution < -0.4 is 0 Å². The van der Waals surface area contributed by atoms with Crippen LogP contribution in [0.2, 0.25) is 5.02 Å². The van der Waals surface area contributed by atoms with Crippen molar-refractivity contribution in [1.82, 2.24) is 9.55 Å². The summed E-state index contributed by atoms with van der Waals surface area (Å²) in [6.07, 6.45) is 4.06. The number of carboxylic acids is 1. The highest BCUT2D eigenvalue weighted by Crippen LogP contribution is 2.40. The van der Waals surface area contributed by atoms with Gasteiger partial charge in [0.05, 0.1) is 12.5 Å². The van der Waals surface area contributed by atoms with Gasteiger partial charge < -0.3 is 14.4 Å². The Kier molecular flexibility index (Phi) is 7.55. The number of imidazole rings is 1. The Morgan fingerprint density at radius 2 is 1.94 bits per heavy atom. The molecule has 0 radical (unpaired) electrons. The molecule has 0 saturated carbocycles. The smallest absolute Gasteiger partial charge is 0.337 e. The summed E-state index contributed by atoms with van der Waals surface area (Å²) in [4.78, 5) is 16.5. The molecule has 0 saturated heterocycles. The number of nitrogens with zero attached hydrogens (tertiary/aromatic N) is 2. The molecule has 0 aliphatic carbocycles. The molecule has 0 bridgehead atoms. The fourth-order valence-corrected chi connectivity index (χ4v) is 4.26. The molecule has 1 aromatic heterocycles. The Labute approximate surface area is 210 Å². The van der Waals surface area contributed by atoms with Crippen LogP contribution in [0.5, 0.6) is 0 Å². The number of aliphatic carboxylic acids is 1. The van der Waals surface area contributed by atoms with E-state index in [4.69, 9.17) is 16.3 Å². The van der Waals surface area contributed by atoms with Crippen LogP contribution in [-0.4, -0.2) is 27.2 Å². The maximum atomic E-state index is 12.4. The number of benzene rings is 3. The molecule has 0 aliphatic rings. The van der Waals surface area contributed by atoms with E-state index in [9.17, 15) is 9.90 Å². The zero-order valence-electron chi connectivity index (χ0n) is 20.0. The Morgan fingerprint density at radius 3 is 2.60 bits per heavy atom. The van der Waals surface area contributed by atoms with E-state index >= 15 is 0 Å². The van der Waals surface area contributed by atoms with E-state index in [1.54, 1.807) is 12.5 Å². The molecule has 1 atom stereocenters. The van der Waals surface area contributed by atoms with Crippen molar-refractivity contribution < 1.29 is 14.6 Å². The molecule has 0 amide bonds. The van der Waals surface area contributed by atoms with E-state index in [2.05, 4.69) is 16.8 Å². The summed E-state index contributed by atoms with van der Waals surface area (Å²) in [5.74, 6) is 5.36. The van der Waals surface area contributed by atoms with Crippen molar-refractivity contribution in [3.05, 3.63) is 88.5 Å². The highest BCUT2D eigenvalue weighted by atomic mass is 35.5. The van der Waals surface area contributed by atoms with E-state index in [1.807, 2.05) is 74.0 Å². The van der Waals surface area contributed by atoms with E-state index in [1.165, 1.54) is 0 Å². The van der Waals surface area contributed by atoms with Gasteiger partial charge in [-0.3, -0.25) is 0 Å². The SMILES string of the molecule is CCCCOC(C(=O)O)c1c(C)cc2ccc(C#Cc3cncn3C)cc2c1-c1ccc(Cl)cc1. The molecular formula is C29H27ClN2O3. The Morgan fingerprint density at radius 1 is 1.17 bits per heavy atom. The molecule has 4 aromatic rings. The number of rotatable bonds is 7. The van der Waals surface area contributed by atoms with Crippen molar-refractivity contribution in [2.45, 2.75) is 32.8 Å². The molecule has 1 N–H and O–H groups in total. The molecule has 5 nitrogen and oxygen atoms in total. The summed E-state index contributed by atoms with van der Waals surface area (Å²) >= 11 is 6.17. The highest BCUT2D eigenvalue weighted by molar-refractivity contribution is 6.30. The maximum Gasteiger partial charge on any atom is 0.337 e. The number of ether oxygens (including phenoxy) is 1. The number of halogens is 1. The van der Waals surface area contributed by atoms with Crippen molar-refractivity contribution in [1.29, 1.82) is 0 Å². The lowest BCUT2D eigenvalue weighted by Gasteiger charge is -2.22. The minimum Gasteiger partial charge on any atom is -0.479 e. The number of carboxylic acid groups (broad SMARTS) is 1. The van der Waals surface area contributed by atoms with Crippen LogP contribution in [0.1, 0.15) is 48.3 Å². The van der Waals surface area contributed by atoms with Gasteiger partial charge >= 0.3 is 5.97 Å². The fourth-order valence-electron chi connectivity index (χ4n) is 4.13. The lowest BCUT2D eigenvalue weighted by molar-refractivity contribution is -0.151. The normalized spacial score (nSPS) is 11.8. The van der Waals surface area contributed by atoms with Gasteiger partial charge in [-0.05, 0) is 71.0 Å². The van der Waals surface area contributed by atoms with Crippen LogP contribution in [-0.2, 0) is 16.6 Å². The Balaban J connectivity index is 1.95. The molecule has 1 heterocycles. The largest absolute Gasteiger partial charge is 0.479 e. The molecule has 0 fully saturated rings. The summed E-state index contributed by atoms with van der Waals surface area (Å²) in [5, 5.41) is 12.7. The third kappa shape index (κ3) is 5.40. The number of hydrogen-bond acceptors (Lipinski definition) is 3. The molecule has 0 spiro atoms. The first-order valence-electron chi connectivity index (χ1n) is 11.5. The van der Waals surface area contributed by atoms with Crippen molar-refractivity contribution >= 4 is 28.3 Å². The van der Waals surface area contributed by atoms with Crippen LogP contribution in [0, 0.1) is 18.8 Å². The summed E-state index contributed by atoms with van der Waals surface area (Å²) in [6, 6.07) is 15.5. The Bertz CT molecular complexity index is 1430. The first-order valence-corrected chi connectivity index (χ1v) is 11.9. The zero-order chi connectivity index (χ0) is 24.9. The molecule has 4 rings (SSSR count). The molecule has 35 heavy (non-hydrogen) atoms. The van der Waals surface area contributed by atoms with Gasteiger partial charge in [0.2, 0.25) is 0 Å².